The van der Waals surface area contributed by atoms with Gasteiger partial charge in [0.05, 0.1) is 0 Å². The molecular formula is C12H18N2S. The van der Waals surface area contributed by atoms with Crippen molar-refractivity contribution in [3.63, 3.8) is 0 Å². The van der Waals surface area contributed by atoms with Gasteiger partial charge < -0.3 is 5.32 Å². The molecule has 0 bridgehead atoms. The minimum Gasteiger partial charge on any atom is -0.313 e. The van der Waals surface area contributed by atoms with E-state index in [9.17, 15) is 0 Å². The predicted molar refractivity (Wildman–Crippen MR) is 66.0 cm³/mol. The van der Waals surface area contributed by atoms with Crippen molar-refractivity contribution in [3.05, 3.63) is 30.1 Å². The molecule has 82 valence electrons. The highest BCUT2D eigenvalue weighted by atomic mass is 32.2. The van der Waals surface area contributed by atoms with Gasteiger partial charge in [-0.05, 0) is 37.1 Å². The van der Waals surface area contributed by atoms with Crippen LogP contribution < -0.4 is 5.32 Å². The molecule has 0 radical (unpaired) electrons. The van der Waals surface area contributed by atoms with E-state index in [2.05, 4.69) is 22.4 Å². The molecule has 2 heterocycles. The number of aromatic nitrogens is 1. The Morgan fingerprint density at radius 3 is 2.93 bits per heavy atom. The van der Waals surface area contributed by atoms with Crippen molar-refractivity contribution in [2.45, 2.75) is 31.1 Å². The summed E-state index contributed by atoms with van der Waals surface area (Å²) in [5.41, 5.74) is 1.38. The minimum atomic E-state index is 0.741. The van der Waals surface area contributed by atoms with Gasteiger partial charge in [0, 0.05) is 29.9 Å². The average molecular weight is 222 g/mol. The lowest BCUT2D eigenvalue weighted by molar-refractivity contribution is 0.430. The Morgan fingerprint density at radius 2 is 2.20 bits per heavy atom. The first-order valence-corrected chi connectivity index (χ1v) is 6.80. The minimum absolute atomic E-state index is 0.741. The lowest BCUT2D eigenvalue weighted by Crippen LogP contribution is -2.35. The fourth-order valence-corrected chi connectivity index (χ4v) is 2.98. The van der Waals surface area contributed by atoms with Gasteiger partial charge in [0.1, 0.15) is 0 Å². The second kappa shape index (κ2) is 6.13. The molecule has 15 heavy (non-hydrogen) atoms. The number of rotatable bonds is 4. The SMILES string of the molecule is c1cc(CSC[C@@H]2CCCCN2)ccn1. The second-order valence-corrected chi connectivity index (χ2v) is 5.05. The number of hydrogen-bond donors (Lipinski definition) is 1. The van der Waals surface area contributed by atoms with Crippen LogP contribution in [0.5, 0.6) is 0 Å². The van der Waals surface area contributed by atoms with E-state index in [1.807, 2.05) is 24.2 Å². The van der Waals surface area contributed by atoms with Gasteiger partial charge in [-0.1, -0.05) is 6.42 Å². The van der Waals surface area contributed by atoms with E-state index in [4.69, 9.17) is 0 Å². The van der Waals surface area contributed by atoms with Gasteiger partial charge in [0.15, 0.2) is 0 Å². The van der Waals surface area contributed by atoms with Gasteiger partial charge in [0.25, 0.3) is 0 Å². The van der Waals surface area contributed by atoms with Crippen LogP contribution in [0.15, 0.2) is 24.5 Å². The summed E-state index contributed by atoms with van der Waals surface area (Å²) in [4.78, 5) is 4.02. The molecule has 2 rings (SSSR count). The van der Waals surface area contributed by atoms with Crippen LogP contribution in [0.4, 0.5) is 0 Å². The van der Waals surface area contributed by atoms with Gasteiger partial charge in [-0.25, -0.2) is 0 Å². The van der Waals surface area contributed by atoms with Gasteiger partial charge >= 0.3 is 0 Å². The summed E-state index contributed by atoms with van der Waals surface area (Å²) in [6.07, 6.45) is 7.84. The summed E-state index contributed by atoms with van der Waals surface area (Å²) in [5.74, 6) is 2.35. The van der Waals surface area contributed by atoms with Gasteiger partial charge in [0.2, 0.25) is 0 Å². The first-order valence-electron chi connectivity index (χ1n) is 5.65. The highest BCUT2D eigenvalue weighted by Crippen LogP contribution is 2.16. The number of nitrogens with zero attached hydrogens (tertiary/aromatic N) is 1. The van der Waals surface area contributed by atoms with Crippen molar-refractivity contribution in [1.29, 1.82) is 0 Å². The summed E-state index contributed by atoms with van der Waals surface area (Å²) in [5, 5.41) is 3.57. The molecule has 1 aliphatic heterocycles. The molecule has 0 unspecified atom stereocenters. The Kier molecular flexibility index (Phi) is 4.48. The predicted octanol–water partition coefficient (Wildman–Crippen LogP) is 2.46. The standard InChI is InChI=1S/C12H18N2S/c1-2-6-14-12(3-1)10-15-9-11-4-7-13-8-5-11/h4-5,7-8,12,14H,1-3,6,9-10H2/t12-/m0/s1. The first kappa shape index (κ1) is 11.0. The van der Waals surface area contributed by atoms with Crippen molar-refractivity contribution >= 4 is 11.8 Å². The van der Waals surface area contributed by atoms with E-state index in [-0.39, 0.29) is 0 Å². The van der Waals surface area contributed by atoms with Crippen molar-refractivity contribution in [2.75, 3.05) is 12.3 Å². The molecular weight excluding hydrogens is 204 g/mol. The molecule has 1 aliphatic rings. The Hall–Kier alpha value is -0.540. The van der Waals surface area contributed by atoms with E-state index in [0.29, 0.717) is 0 Å². The molecule has 0 amide bonds. The molecule has 3 heteroatoms. The maximum atomic E-state index is 4.02. The zero-order valence-corrected chi connectivity index (χ0v) is 9.80. The van der Waals surface area contributed by atoms with Gasteiger partial charge in [-0.3, -0.25) is 4.98 Å². The lowest BCUT2D eigenvalue weighted by Gasteiger charge is -2.22. The second-order valence-electron chi connectivity index (χ2n) is 4.02. The average Bonchev–Trinajstić information content (AvgIpc) is 2.32. The molecule has 2 nitrogen and oxygen atoms in total. The van der Waals surface area contributed by atoms with Crippen LogP contribution in [-0.2, 0) is 5.75 Å². The normalized spacial score (nSPS) is 21.5. The van der Waals surface area contributed by atoms with Crippen molar-refractivity contribution in [3.8, 4) is 0 Å². The van der Waals surface area contributed by atoms with Crippen molar-refractivity contribution in [1.82, 2.24) is 10.3 Å². The quantitative estimate of drug-likeness (QED) is 0.847. The molecule has 1 fully saturated rings. The van der Waals surface area contributed by atoms with E-state index < -0.39 is 0 Å². The Labute approximate surface area is 95.9 Å². The van der Waals surface area contributed by atoms with E-state index >= 15 is 0 Å². The smallest absolute Gasteiger partial charge is 0.0270 e. The number of thioether (sulfide) groups is 1. The fraction of sp³-hybridized carbons (Fsp3) is 0.583. The van der Waals surface area contributed by atoms with Crippen molar-refractivity contribution in [2.24, 2.45) is 0 Å². The van der Waals surface area contributed by atoms with E-state index in [1.165, 1.54) is 37.1 Å². The number of nitrogens with one attached hydrogen (secondary N) is 1. The lowest BCUT2D eigenvalue weighted by atomic mass is 10.1. The molecule has 1 atom stereocenters. The Balaban J connectivity index is 1.66. The zero-order chi connectivity index (χ0) is 10.3. The summed E-state index contributed by atoms with van der Waals surface area (Å²) in [6.45, 7) is 1.21. The highest BCUT2D eigenvalue weighted by molar-refractivity contribution is 7.98. The molecule has 1 aromatic heterocycles. The van der Waals surface area contributed by atoms with Crippen molar-refractivity contribution < 1.29 is 0 Å². The Bertz CT molecular complexity index is 270. The molecule has 1 saturated heterocycles. The van der Waals surface area contributed by atoms with Crippen LogP contribution in [-0.4, -0.2) is 23.3 Å². The van der Waals surface area contributed by atoms with Crippen LogP contribution in [0.1, 0.15) is 24.8 Å². The highest BCUT2D eigenvalue weighted by Gasteiger charge is 2.11. The van der Waals surface area contributed by atoms with Crippen LogP contribution in [0.3, 0.4) is 0 Å². The van der Waals surface area contributed by atoms with Crippen LogP contribution in [0.25, 0.3) is 0 Å². The van der Waals surface area contributed by atoms with Crippen LogP contribution >= 0.6 is 11.8 Å². The summed E-state index contributed by atoms with van der Waals surface area (Å²) in [6, 6.07) is 4.94. The topological polar surface area (TPSA) is 24.9 Å². The number of pyridine rings is 1. The molecule has 0 spiro atoms. The summed E-state index contributed by atoms with van der Waals surface area (Å²) >= 11 is 2.02. The van der Waals surface area contributed by atoms with Crippen LogP contribution in [0, 0.1) is 0 Å². The Morgan fingerprint density at radius 1 is 1.33 bits per heavy atom. The fourth-order valence-electron chi connectivity index (χ4n) is 1.86. The molecule has 0 aromatic carbocycles. The molecule has 0 aliphatic carbocycles. The van der Waals surface area contributed by atoms with E-state index in [1.54, 1.807) is 0 Å². The molecule has 0 saturated carbocycles. The van der Waals surface area contributed by atoms with E-state index in [0.717, 1.165) is 11.8 Å². The largest absolute Gasteiger partial charge is 0.313 e. The van der Waals surface area contributed by atoms with Gasteiger partial charge in [-0.15, -0.1) is 0 Å². The maximum absolute atomic E-state index is 4.02. The van der Waals surface area contributed by atoms with Crippen LogP contribution in [0.2, 0.25) is 0 Å². The third kappa shape index (κ3) is 3.84. The monoisotopic (exact) mass is 222 g/mol. The zero-order valence-electron chi connectivity index (χ0n) is 8.98. The summed E-state index contributed by atoms with van der Waals surface area (Å²) in [7, 11) is 0. The third-order valence-electron chi connectivity index (χ3n) is 2.75. The number of hydrogen-bond acceptors (Lipinski definition) is 3. The maximum Gasteiger partial charge on any atom is 0.0270 e. The number of piperidine rings is 1. The van der Waals surface area contributed by atoms with Gasteiger partial charge in [-0.2, -0.15) is 11.8 Å². The molecule has 1 aromatic rings. The first-order chi connectivity index (χ1) is 7.45. The third-order valence-corrected chi connectivity index (χ3v) is 3.93. The summed E-state index contributed by atoms with van der Waals surface area (Å²) < 4.78 is 0. The molecule has 1 N–H and O–H groups in total.